The lowest BCUT2D eigenvalue weighted by Crippen LogP contribution is -2.37. The van der Waals surface area contributed by atoms with Crippen molar-refractivity contribution in [2.24, 2.45) is 0 Å². The number of rotatable bonds is 6. The topological polar surface area (TPSA) is 64.0 Å². The quantitative estimate of drug-likeness (QED) is 0.628. The Morgan fingerprint density at radius 1 is 1.12 bits per heavy atom. The van der Waals surface area contributed by atoms with Gasteiger partial charge in [0.05, 0.1) is 5.39 Å². The maximum Gasteiger partial charge on any atom is 0.274 e. The minimum Gasteiger partial charge on any atom is -0.348 e. The SMILES string of the molecule is CCCCCn1nc(C(=O)NC2CCCCCC2)c2ccccc2c1=O. The summed E-state index contributed by atoms with van der Waals surface area (Å²) in [7, 11) is 0. The van der Waals surface area contributed by atoms with E-state index in [0.29, 0.717) is 23.0 Å². The van der Waals surface area contributed by atoms with Gasteiger partial charge in [-0.15, -0.1) is 0 Å². The Bertz CT molecular complexity index is 804. The van der Waals surface area contributed by atoms with Crippen LogP contribution in [0.3, 0.4) is 0 Å². The first-order valence-electron chi connectivity index (χ1n) is 10.0. The molecule has 2 aromatic rings. The minimum absolute atomic E-state index is 0.109. The van der Waals surface area contributed by atoms with E-state index in [0.717, 1.165) is 44.9 Å². The van der Waals surface area contributed by atoms with Gasteiger partial charge >= 0.3 is 0 Å². The van der Waals surface area contributed by atoms with Crippen molar-refractivity contribution < 1.29 is 4.79 Å². The van der Waals surface area contributed by atoms with Crippen LogP contribution < -0.4 is 10.9 Å². The fourth-order valence-electron chi connectivity index (χ4n) is 3.74. The van der Waals surface area contributed by atoms with Gasteiger partial charge in [-0.3, -0.25) is 9.59 Å². The number of nitrogens with zero attached hydrogens (tertiary/aromatic N) is 2. The molecule has 1 heterocycles. The van der Waals surface area contributed by atoms with Crippen LogP contribution in [-0.2, 0) is 6.54 Å². The molecule has 0 spiro atoms. The molecule has 5 nitrogen and oxygen atoms in total. The highest BCUT2D eigenvalue weighted by Gasteiger charge is 2.20. The fourth-order valence-corrected chi connectivity index (χ4v) is 3.74. The third kappa shape index (κ3) is 4.32. The molecular weight excluding hydrogens is 326 g/mol. The molecule has 1 aliphatic carbocycles. The van der Waals surface area contributed by atoms with Crippen LogP contribution in [0.1, 0.15) is 75.2 Å². The molecule has 1 fully saturated rings. The van der Waals surface area contributed by atoms with E-state index in [-0.39, 0.29) is 17.5 Å². The molecule has 0 unspecified atom stereocenters. The normalized spacial score (nSPS) is 15.7. The van der Waals surface area contributed by atoms with Crippen molar-refractivity contribution in [1.82, 2.24) is 15.1 Å². The van der Waals surface area contributed by atoms with Crippen molar-refractivity contribution >= 4 is 16.7 Å². The van der Waals surface area contributed by atoms with Gasteiger partial charge in [-0.2, -0.15) is 5.10 Å². The van der Waals surface area contributed by atoms with Crippen molar-refractivity contribution in [1.29, 1.82) is 0 Å². The Morgan fingerprint density at radius 3 is 2.50 bits per heavy atom. The van der Waals surface area contributed by atoms with Gasteiger partial charge in [0.25, 0.3) is 11.5 Å². The van der Waals surface area contributed by atoms with Crippen molar-refractivity contribution in [3.8, 4) is 0 Å². The number of carbonyl (C=O) groups is 1. The summed E-state index contributed by atoms with van der Waals surface area (Å²) in [5.41, 5.74) is 0.267. The number of benzene rings is 1. The summed E-state index contributed by atoms with van der Waals surface area (Å²) in [6.45, 7) is 2.68. The highest BCUT2D eigenvalue weighted by molar-refractivity contribution is 6.04. The van der Waals surface area contributed by atoms with Crippen molar-refractivity contribution in [3.05, 3.63) is 40.3 Å². The third-order valence-electron chi connectivity index (χ3n) is 5.25. The lowest BCUT2D eigenvalue weighted by atomic mass is 10.1. The number of hydrogen-bond donors (Lipinski definition) is 1. The average Bonchev–Trinajstić information content (AvgIpc) is 2.92. The monoisotopic (exact) mass is 355 g/mol. The van der Waals surface area contributed by atoms with Gasteiger partial charge in [0.2, 0.25) is 0 Å². The molecule has 1 aromatic heterocycles. The molecule has 0 aliphatic heterocycles. The first-order valence-corrected chi connectivity index (χ1v) is 10.0. The van der Waals surface area contributed by atoms with Crippen LogP contribution >= 0.6 is 0 Å². The summed E-state index contributed by atoms with van der Waals surface area (Å²) >= 11 is 0. The molecule has 0 saturated heterocycles. The highest BCUT2D eigenvalue weighted by Crippen LogP contribution is 2.19. The van der Waals surface area contributed by atoms with Crippen LogP contribution in [0.4, 0.5) is 0 Å². The van der Waals surface area contributed by atoms with Crippen molar-refractivity contribution in [2.45, 2.75) is 77.3 Å². The number of amides is 1. The number of nitrogens with one attached hydrogen (secondary N) is 1. The zero-order valence-electron chi connectivity index (χ0n) is 15.7. The molecule has 0 atom stereocenters. The maximum absolute atomic E-state index is 12.9. The number of carbonyl (C=O) groups excluding carboxylic acids is 1. The van der Waals surface area contributed by atoms with Crippen LogP contribution in [0.15, 0.2) is 29.1 Å². The predicted molar refractivity (Wildman–Crippen MR) is 104 cm³/mol. The van der Waals surface area contributed by atoms with Gasteiger partial charge in [-0.05, 0) is 25.3 Å². The minimum atomic E-state index is -0.155. The maximum atomic E-state index is 12.9. The fraction of sp³-hybridized carbons (Fsp3) is 0.571. The molecule has 3 rings (SSSR count). The molecule has 1 aliphatic rings. The Hall–Kier alpha value is -2.17. The molecule has 5 heteroatoms. The molecule has 0 bridgehead atoms. The summed E-state index contributed by atoms with van der Waals surface area (Å²) in [6, 6.07) is 7.52. The molecule has 140 valence electrons. The van der Waals surface area contributed by atoms with E-state index in [2.05, 4.69) is 17.3 Å². The lowest BCUT2D eigenvalue weighted by Gasteiger charge is -2.17. The number of aryl methyl sites for hydroxylation is 1. The second-order valence-corrected chi connectivity index (χ2v) is 7.29. The Balaban J connectivity index is 1.91. The summed E-state index contributed by atoms with van der Waals surface area (Å²) in [5.74, 6) is -0.155. The summed E-state index contributed by atoms with van der Waals surface area (Å²) in [5, 5.41) is 8.84. The standard InChI is InChI=1S/C21H29N3O2/c1-2-3-10-15-24-21(26)18-14-9-8-13-17(18)19(23-24)20(25)22-16-11-6-4-5-7-12-16/h8-9,13-14,16H,2-7,10-12,15H2,1H3,(H,22,25). The molecular formula is C21H29N3O2. The lowest BCUT2D eigenvalue weighted by molar-refractivity contribution is 0.0927. The zero-order chi connectivity index (χ0) is 18.4. The third-order valence-corrected chi connectivity index (χ3v) is 5.25. The van der Waals surface area contributed by atoms with E-state index in [1.165, 1.54) is 17.5 Å². The molecule has 1 saturated carbocycles. The van der Waals surface area contributed by atoms with E-state index in [4.69, 9.17) is 0 Å². The second kappa shape index (κ2) is 8.97. The van der Waals surface area contributed by atoms with Crippen LogP contribution in [0.2, 0.25) is 0 Å². The van der Waals surface area contributed by atoms with Crippen molar-refractivity contribution in [3.63, 3.8) is 0 Å². The van der Waals surface area contributed by atoms with E-state index >= 15 is 0 Å². The van der Waals surface area contributed by atoms with Gasteiger partial charge in [0.1, 0.15) is 0 Å². The first kappa shape index (κ1) is 18.6. The van der Waals surface area contributed by atoms with Gasteiger partial charge < -0.3 is 5.32 Å². The number of unbranched alkanes of at least 4 members (excludes halogenated alkanes) is 2. The van der Waals surface area contributed by atoms with E-state index in [1.54, 1.807) is 6.07 Å². The Morgan fingerprint density at radius 2 is 1.81 bits per heavy atom. The predicted octanol–water partition coefficient (Wildman–Crippen LogP) is 4.04. The van der Waals surface area contributed by atoms with Crippen LogP contribution in [0, 0.1) is 0 Å². The van der Waals surface area contributed by atoms with Crippen LogP contribution in [0.25, 0.3) is 10.8 Å². The van der Waals surface area contributed by atoms with E-state index in [1.807, 2.05) is 18.2 Å². The molecule has 0 radical (unpaired) electrons. The van der Waals surface area contributed by atoms with Crippen LogP contribution in [0.5, 0.6) is 0 Å². The Labute approximate surface area is 154 Å². The van der Waals surface area contributed by atoms with Gasteiger partial charge in [-0.1, -0.05) is 63.6 Å². The van der Waals surface area contributed by atoms with E-state index in [9.17, 15) is 9.59 Å². The molecule has 1 N–H and O–H groups in total. The number of hydrogen-bond acceptors (Lipinski definition) is 3. The van der Waals surface area contributed by atoms with Crippen molar-refractivity contribution in [2.75, 3.05) is 0 Å². The highest BCUT2D eigenvalue weighted by atomic mass is 16.2. The second-order valence-electron chi connectivity index (χ2n) is 7.29. The Kier molecular flexibility index (Phi) is 6.42. The summed E-state index contributed by atoms with van der Waals surface area (Å²) < 4.78 is 1.47. The zero-order valence-corrected chi connectivity index (χ0v) is 15.7. The van der Waals surface area contributed by atoms with Gasteiger partial charge in [-0.25, -0.2) is 4.68 Å². The largest absolute Gasteiger partial charge is 0.348 e. The number of fused-ring (bicyclic) bond motifs is 1. The summed E-state index contributed by atoms with van der Waals surface area (Å²) in [4.78, 5) is 25.6. The first-order chi connectivity index (χ1) is 12.7. The van der Waals surface area contributed by atoms with Gasteiger partial charge in [0.15, 0.2) is 5.69 Å². The number of aromatic nitrogens is 2. The average molecular weight is 355 g/mol. The molecule has 1 aromatic carbocycles. The smallest absolute Gasteiger partial charge is 0.274 e. The summed E-state index contributed by atoms with van der Waals surface area (Å²) in [6.07, 6.45) is 9.89. The van der Waals surface area contributed by atoms with Gasteiger partial charge in [0, 0.05) is 18.0 Å². The van der Waals surface area contributed by atoms with E-state index < -0.39 is 0 Å². The van der Waals surface area contributed by atoms with Crippen LogP contribution in [-0.4, -0.2) is 21.7 Å². The molecule has 26 heavy (non-hydrogen) atoms. The molecule has 1 amide bonds.